The third-order valence-corrected chi connectivity index (χ3v) is 2.96. The van der Waals surface area contributed by atoms with Crippen molar-refractivity contribution >= 4 is 0 Å². The summed E-state index contributed by atoms with van der Waals surface area (Å²) in [6.45, 7) is 9.15. The first-order valence-corrected chi connectivity index (χ1v) is 6.07. The lowest BCUT2D eigenvalue weighted by Crippen LogP contribution is -2.42. The molecule has 1 atom stereocenters. The van der Waals surface area contributed by atoms with E-state index in [1.807, 2.05) is 7.05 Å². The van der Waals surface area contributed by atoms with Gasteiger partial charge in [0.2, 0.25) is 0 Å². The fourth-order valence-electron chi connectivity index (χ4n) is 1.94. The number of hydrogen-bond donors (Lipinski definition) is 3. The van der Waals surface area contributed by atoms with Crippen LogP contribution in [0.25, 0.3) is 0 Å². The van der Waals surface area contributed by atoms with Gasteiger partial charge in [0.1, 0.15) is 0 Å². The van der Waals surface area contributed by atoms with Gasteiger partial charge in [0.15, 0.2) is 0 Å². The van der Waals surface area contributed by atoms with E-state index in [-0.39, 0.29) is 18.6 Å². The zero-order valence-electron chi connectivity index (χ0n) is 11.2. The highest BCUT2D eigenvalue weighted by atomic mass is 16.3. The second kappa shape index (κ2) is 8.01. The zero-order chi connectivity index (χ0) is 12.6. The summed E-state index contributed by atoms with van der Waals surface area (Å²) in [5, 5.41) is 21.1. The number of nitrogens with zero attached hydrogens (tertiary/aromatic N) is 1. The van der Waals surface area contributed by atoms with Crippen molar-refractivity contribution in [3.63, 3.8) is 0 Å². The van der Waals surface area contributed by atoms with Gasteiger partial charge < -0.3 is 15.5 Å². The average molecular weight is 232 g/mol. The van der Waals surface area contributed by atoms with Crippen molar-refractivity contribution in [3.8, 4) is 0 Å². The molecule has 0 bridgehead atoms. The minimum absolute atomic E-state index is 0.153. The Labute approximate surface area is 99.7 Å². The van der Waals surface area contributed by atoms with Gasteiger partial charge in [-0.2, -0.15) is 0 Å². The molecule has 0 radical (unpaired) electrons. The molecule has 98 valence electrons. The minimum Gasteiger partial charge on any atom is -0.395 e. The van der Waals surface area contributed by atoms with Crippen LogP contribution in [-0.2, 0) is 0 Å². The molecule has 0 aliphatic heterocycles. The largest absolute Gasteiger partial charge is 0.395 e. The topological polar surface area (TPSA) is 55.7 Å². The van der Waals surface area contributed by atoms with Crippen LogP contribution in [0.3, 0.4) is 0 Å². The predicted octanol–water partition coefficient (Wildman–Crippen LogP) is 0.297. The van der Waals surface area contributed by atoms with Crippen molar-refractivity contribution in [2.24, 2.45) is 5.41 Å². The standard InChI is InChI=1S/C12H28N2O2/c1-12(2,3)11(13-4)5-6-14(7-9-15)8-10-16/h11,13,15-16H,5-10H2,1-4H3. The third kappa shape index (κ3) is 6.43. The molecule has 16 heavy (non-hydrogen) atoms. The van der Waals surface area contributed by atoms with Crippen LogP contribution in [0.2, 0.25) is 0 Å². The van der Waals surface area contributed by atoms with E-state index in [1.165, 1.54) is 0 Å². The summed E-state index contributed by atoms with van der Waals surface area (Å²) >= 11 is 0. The Bertz CT molecular complexity index is 163. The molecular formula is C12H28N2O2. The van der Waals surface area contributed by atoms with Crippen molar-refractivity contribution in [1.29, 1.82) is 0 Å². The summed E-state index contributed by atoms with van der Waals surface area (Å²) in [7, 11) is 1.98. The van der Waals surface area contributed by atoms with Crippen LogP contribution in [0, 0.1) is 5.41 Å². The molecule has 0 saturated carbocycles. The minimum atomic E-state index is 0.153. The molecule has 0 aromatic rings. The Morgan fingerprint density at radius 2 is 1.56 bits per heavy atom. The Kier molecular flexibility index (Phi) is 7.93. The first-order valence-electron chi connectivity index (χ1n) is 6.07. The van der Waals surface area contributed by atoms with Crippen molar-refractivity contribution in [1.82, 2.24) is 10.2 Å². The van der Waals surface area contributed by atoms with E-state index in [9.17, 15) is 0 Å². The molecule has 0 heterocycles. The van der Waals surface area contributed by atoms with Gasteiger partial charge in [-0.25, -0.2) is 0 Å². The molecule has 4 heteroatoms. The molecular weight excluding hydrogens is 204 g/mol. The first kappa shape index (κ1) is 15.8. The molecule has 0 aromatic heterocycles. The van der Waals surface area contributed by atoms with E-state index < -0.39 is 0 Å². The van der Waals surface area contributed by atoms with Crippen molar-refractivity contribution in [2.45, 2.75) is 33.2 Å². The Morgan fingerprint density at radius 3 is 1.88 bits per heavy atom. The normalized spacial score (nSPS) is 14.4. The van der Waals surface area contributed by atoms with E-state index in [0.29, 0.717) is 19.1 Å². The van der Waals surface area contributed by atoms with Gasteiger partial charge in [-0.05, 0) is 25.4 Å². The molecule has 4 nitrogen and oxygen atoms in total. The zero-order valence-corrected chi connectivity index (χ0v) is 11.2. The summed E-state index contributed by atoms with van der Waals surface area (Å²) < 4.78 is 0. The molecule has 0 aliphatic carbocycles. The first-order chi connectivity index (χ1) is 7.45. The number of aliphatic hydroxyl groups is 2. The van der Waals surface area contributed by atoms with E-state index in [2.05, 4.69) is 31.0 Å². The molecule has 0 spiro atoms. The Hall–Kier alpha value is -0.160. The second-order valence-electron chi connectivity index (χ2n) is 5.28. The van der Waals surface area contributed by atoms with Crippen molar-refractivity contribution in [3.05, 3.63) is 0 Å². The number of nitrogens with one attached hydrogen (secondary N) is 1. The van der Waals surface area contributed by atoms with Gasteiger partial charge in [0.25, 0.3) is 0 Å². The summed E-state index contributed by atoms with van der Waals surface area (Å²) in [5.41, 5.74) is 0.235. The quantitative estimate of drug-likeness (QED) is 0.563. The summed E-state index contributed by atoms with van der Waals surface area (Å²) in [6.07, 6.45) is 1.03. The van der Waals surface area contributed by atoms with Gasteiger partial charge in [0.05, 0.1) is 13.2 Å². The lowest BCUT2D eigenvalue weighted by Gasteiger charge is -2.32. The maximum absolute atomic E-state index is 8.91. The van der Waals surface area contributed by atoms with Gasteiger partial charge in [-0.1, -0.05) is 20.8 Å². The fourth-order valence-corrected chi connectivity index (χ4v) is 1.94. The third-order valence-electron chi connectivity index (χ3n) is 2.96. The highest BCUT2D eigenvalue weighted by molar-refractivity contribution is 4.80. The van der Waals surface area contributed by atoms with E-state index in [4.69, 9.17) is 10.2 Å². The smallest absolute Gasteiger partial charge is 0.0558 e. The monoisotopic (exact) mass is 232 g/mol. The molecule has 1 unspecified atom stereocenters. The molecule has 0 rings (SSSR count). The van der Waals surface area contributed by atoms with Crippen LogP contribution in [0.5, 0.6) is 0 Å². The molecule has 0 fully saturated rings. The number of hydrogen-bond acceptors (Lipinski definition) is 4. The Morgan fingerprint density at radius 1 is 1.06 bits per heavy atom. The van der Waals surface area contributed by atoms with Crippen LogP contribution < -0.4 is 5.32 Å². The number of rotatable bonds is 8. The summed E-state index contributed by atoms with van der Waals surface area (Å²) in [5.74, 6) is 0. The van der Waals surface area contributed by atoms with Gasteiger partial charge >= 0.3 is 0 Å². The predicted molar refractivity (Wildman–Crippen MR) is 67.5 cm³/mol. The molecule has 0 aromatic carbocycles. The van der Waals surface area contributed by atoms with Crippen LogP contribution in [-0.4, -0.2) is 61.1 Å². The van der Waals surface area contributed by atoms with Crippen LogP contribution in [0.15, 0.2) is 0 Å². The van der Waals surface area contributed by atoms with Crippen LogP contribution >= 0.6 is 0 Å². The highest BCUT2D eigenvalue weighted by Gasteiger charge is 2.23. The average Bonchev–Trinajstić information content (AvgIpc) is 2.17. The van der Waals surface area contributed by atoms with Crippen LogP contribution in [0.1, 0.15) is 27.2 Å². The summed E-state index contributed by atoms with van der Waals surface area (Å²) in [4.78, 5) is 2.09. The molecule has 0 saturated heterocycles. The highest BCUT2D eigenvalue weighted by Crippen LogP contribution is 2.21. The summed E-state index contributed by atoms with van der Waals surface area (Å²) in [6, 6.07) is 0.451. The molecule has 0 amide bonds. The van der Waals surface area contributed by atoms with E-state index in [0.717, 1.165) is 13.0 Å². The van der Waals surface area contributed by atoms with Crippen molar-refractivity contribution in [2.75, 3.05) is 39.9 Å². The van der Waals surface area contributed by atoms with Gasteiger partial charge in [-0.15, -0.1) is 0 Å². The Balaban J connectivity index is 4.05. The second-order valence-corrected chi connectivity index (χ2v) is 5.28. The lowest BCUT2D eigenvalue weighted by atomic mass is 9.85. The van der Waals surface area contributed by atoms with Gasteiger partial charge in [0, 0.05) is 19.1 Å². The maximum Gasteiger partial charge on any atom is 0.0558 e. The lowest BCUT2D eigenvalue weighted by molar-refractivity contribution is 0.146. The molecule has 3 N–H and O–H groups in total. The maximum atomic E-state index is 8.91. The SMILES string of the molecule is CNC(CCN(CCO)CCO)C(C)(C)C. The van der Waals surface area contributed by atoms with E-state index >= 15 is 0 Å². The van der Waals surface area contributed by atoms with E-state index in [1.54, 1.807) is 0 Å². The molecule has 0 aliphatic rings. The fraction of sp³-hybridized carbons (Fsp3) is 1.00. The van der Waals surface area contributed by atoms with Gasteiger partial charge in [-0.3, -0.25) is 4.90 Å². The van der Waals surface area contributed by atoms with Crippen molar-refractivity contribution < 1.29 is 10.2 Å². The number of aliphatic hydroxyl groups excluding tert-OH is 2. The van der Waals surface area contributed by atoms with Crippen LogP contribution in [0.4, 0.5) is 0 Å².